The maximum Gasteiger partial charge on any atom is 0.264 e. The van der Waals surface area contributed by atoms with E-state index in [4.69, 9.17) is 16.7 Å². The van der Waals surface area contributed by atoms with Crippen LogP contribution in [0.25, 0.3) is 0 Å². The van der Waals surface area contributed by atoms with Crippen molar-refractivity contribution in [3.05, 3.63) is 54.6 Å². The molecule has 0 atom stereocenters. The fourth-order valence-corrected chi connectivity index (χ4v) is 3.39. The van der Waals surface area contributed by atoms with Gasteiger partial charge in [0.05, 0.1) is 4.90 Å². The molecular formula is C18H20N6O3S2. The zero-order chi connectivity index (χ0) is 21.1. The highest BCUT2D eigenvalue weighted by molar-refractivity contribution is 7.92. The third-order valence-corrected chi connectivity index (χ3v) is 5.25. The second-order valence-electron chi connectivity index (χ2n) is 7.11. The van der Waals surface area contributed by atoms with Gasteiger partial charge in [0, 0.05) is 29.6 Å². The molecule has 29 heavy (non-hydrogen) atoms. The fraction of sp³-hybridized carbons (Fsp3) is 0.222. The van der Waals surface area contributed by atoms with Gasteiger partial charge in [-0.15, -0.1) is 0 Å². The van der Waals surface area contributed by atoms with Crippen molar-refractivity contribution in [2.24, 2.45) is 0 Å². The van der Waals surface area contributed by atoms with E-state index in [0.717, 1.165) is 5.76 Å². The summed E-state index contributed by atoms with van der Waals surface area (Å²) in [4.78, 5) is 7.77. The van der Waals surface area contributed by atoms with Crippen LogP contribution in [0.2, 0.25) is 0 Å². The molecule has 0 amide bonds. The van der Waals surface area contributed by atoms with Crippen LogP contribution in [-0.2, 0) is 15.4 Å². The van der Waals surface area contributed by atoms with E-state index < -0.39 is 10.0 Å². The molecule has 3 rings (SSSR count). The summed E-state index contributed by atoms with van der Waals surface area (Å²) in [6.07, 6.45) is 2.90. The molecule has 0 aliphatic rings. The Hall–Kier alpha value is -3.05. The summed E-state index contributed by atoms with van der Waals surface area (Å²) >= 11 is 5.26. The Balaban J connectivity index is 1.63. The van der Waals surface area contributed by atoms with Gasteiger partial charge in [0.15, 0.2) is 10.9 Å². The summed E-state index contributed by atoms with van der Waals surface area (Å²) in [5, 5.41) is 10.1. The first-order valence-electron chi connectivity index (χ1n) is 8.59. The van der Waals surface area contributed by atoms with Crippen molar-refractivity contribution in [2.45, 2.75) is 31.1 Å². The van der Waals surface area contributed by atoms with Crippen LogP contribution in [0.5, 0.6) is 0 Å². The lowest BCUT2D eigenvalue weighted by Crippen LogP contribution is -2.19. The van der Waals surface area contributed by atoms with E-state index >= 15 is 0 Å². The monoisotopic (exact) mass is 432 g/mol. The lowest BCUT2D eigenvalue weighted by Gasteiger charge is -2.12. The summed E-state index contributed by atoms with van der Waals surface area (Å²) in [6.45, 7) is 6.05. The van der Waals surface area contributed by atoms with Gasteiger partial charge in [0.1, 0.15) is 5.76 Å². The minimum Gasteiger partial charge on any atom is -0.359 e. The predicted molar refractivity (Wildman–Crippen MR) is 114 cm³/mol. The summed E-state index contributed by atoms with van der Waals surface area (Å²) in [6, 6.07) is 9.46. The smallest absolute Gasteiger partial charge is 0.264 e. The van der Waals surface area contributed by atoms with Crippen molar-refractivity contribution < 1.29 is 12.9 Å². The van der Waals surface area contributed by atoms with Crippen molar-refractivity contribution in [1.29, 1.82) is 0 Å². The summed E-state index contributed by atoms with van der Waals surface area (Å²) in [5.41, 5.74) is 0.444. The topological polar surface area (TPSA) is 122 Å². The minimum absolute atomic E-state index is 0.00215. The lowest BCUT2D eigenvalue weighted by molar-refractivity contribution is 0.331. The average molecular weight is 433 g/mol. The van der Waals surface area contributed by atoms with E-state index in [1.807, 2.05) is 20.8 Å². The molecule has 0 fully saturated rings. The van der Waals surface area contributed by atoms with E-state index in [-0.39, 0.29) is 16.3 Å². The molecule has 1 aromatic carbocycles. The Kier molecular flexibility index (Phi) is 5.80. The van der Waals surface area contributed by atoms with Crippen LogP contribution in [0.3, 0.4) is 0 Å². The number of rotatable bonds is 5. The Morgan fingerprint density at radius 2 is 1.72 bits per heavy atom. The molecule has 3 N–H and O–H groups in total. The first-order valence-corrected chi connectivity index (χ1v) is 10.5. The summed E-state index contributed by atoms with van der Waals surface area (Å²) in [5.74, 6) is 1.22. The van der Waals surface area contributed by atoms with E-state index in [0.29, 0.717) is 16.6 Å². The highest BCUT2D eigenvalue weighted by atomic mass is 32.2. The fourth-order valence-electron chi connectivity index (χ4n) is 2.21. The van der Waals surface area contributed by atoms with Gasteiger partial charge in [-0.3, -0.25) is 0 Å². The van der Waals surface area contributed by atoms with Gasteiger partial charge >= 0.3 is 0 Å². The minimum atomic E-state index is -3.79. The van der Waals surface area contributed by atoms with Gasteiger partial charge < -0.3 is 15.2 Å². The highest BCUT2D eigenvalue weighted by Gasteiger charge is 2.20. The molecule has 0 saturated heterocycles. The Labute approximate surface area is 174 Å². The van der Waals surface area contributed by atoms with Crippen LogP contribution in [0.1, 0.15) is 26.5 Å². The van der Waals surface area contributed by atoms with E-state index in [1.165, 1.54) is 24.5 Å². The molecule has 3 aromatic rings. The van der Waals surface area contributed by atoms with Crippen LogP contribution >= 0.6 is 12.2 Å². The first-order chi connectivity index (χ1) is 13.6. The Morgan fingerprint density at radius 1 is 1.07 bits per heavy atom. The molecule has 2 heterocycles. The van der Waals surface area contributed by atoms with Crippen molar-refractivity contribution in [1.82, 2.24) is 15.1 Å². The second-order valence-corrected chi connectivity index (χ2v) is 9.20. The number of sulfonamides is 1. The van der Waals surface area contributed by atoms with Crippen LogP contribution in [0, 0.1) is 0 Å². The zero-order valence-electron chi connectivity index (χ0n) is 16.0. The second kappa shape index (κ2) is 8.13. The quantitative estimate of drug-likeness (QED) is 0.521. The van der Waals surface area contributed by atoms with Gasteiger partial charge in [0.2, 0.25) is 5.95 Å². The largest absolute Gasteiger partial charge is 0.359 e. The van der Waals surface area contributed by atoms with E-state index in [9.17, 15) is 8.42 Å². The molecular weight excluding hydrogens is 412 g/mol. The molecule has 0 radical (unpaired) electrons. The maximum absolute atomic E-state index is 12.4. The van der Waals surface area contributed by atoms with Crippen molar-refractivity contribution in [3.63, 3.8) is 0 Å². The number of hydrogen-bond acceptors (Lipinski definition) is 7. The Bertz CT molecular complexity index is 1090. The number of hydrogen-bond donors (Lipinski definition) is 3. The zero-order valence-corrected chi connectivity index (χ0v) is 17.6. The molecule has 0 bridgehead atoms. The molecule has 0 spiro atoms. The van der Waals surface area contributed by atoms with Crippen LogP contribution in [-0.4, -0.2) is 28.7 Å². The molecule has 0 unspecified atom stereocenters. The number of aromatic nitrogens is 3. The highest BCUT2D eigenvalue weighted by Crippen LogP contribution is 2.24. The van der Waals surface area contributed by atoms with Crippen molar-refractivity contribution in [2.75, 3.05) is 15.4 Å². The van der Waals surface area contributed by atoms with Crippen LogP contribution < -0.4 is 15.4 Å². The van der Waals surface area contributed by atoms with Crippen LogP contribution in [0.4, 0.5) is 17.5 Å². The van der Waals surface area contributed by atoms with Gasteiger partial charge in [-0.05, 0) is 42.5 Å². The normalized spacial score (nSPS) is 11.7. The summed E-state index contributed by atoms with van der Waals surface area (Å²) < 4.78 is 32.4. The van der Waals surface area contributed by atoms with E-state index in [1.54, 1.807) is 24.3 Å². The molecule has 0 saturated carbocycles. The lowest BCUT2D eigenvalue weighted by atomic mass is 9.93. The van der Waals surface area contributed by atoms with Gasteiger partial charge in [0.25, 0.3) is 10.0 Å². The standard InChI is InChI=1S/C18H20N6O3S2/c1-18(2,3)14-11-15(23-27-14)22-17(28)21-12-5-7-13(8-6-12)29(25,26)24-16-19-9-4-10-20-16/h4-11H,1-3H3,(H,19,20,24)(H2,21,22,23,28). The number of anilines is 3. The molecule has 152 valence electrons. The summed E-state index contributed by atoms with van der Waals surface area (Å²) in [7, 11) is -3.79. The SMILES string of the molecule is CC(C)(C)c1cc(NC(=S)Nc2ccc(S(=O)(=O)Nc3ncccn3)cc2)no1. The maximum atomic E-state index is 12.4. The predicted octanol–water partition coefficient (Wildman–Crippen LogP) is 3.37. The van der Waals surface area contributed by atoms with E-state index in [2.05, 4.69) is 30.5 Å². The number of thiocarbonyl (C=S) groups is 1. The van der Waals surface area contributed by atoms with Gasteiger partial charge in [-0.1, -0.05) is 25.9 Å². The van der Waals surface area contributed by atoms with Crippen molar-refractivity contribution in [3.8, 4) is 0 Å². The third-order valence-electron chi connectivity index (χ3n) is 3.70. The van der Waals surface area contributed by atoms with Crippen LogP contribution in [0.15, 0.2) is 58.2 Å². The molecule has 11 heteroatoms. The molecule has 0 aliphatic heterocycles. The number of nitrogens with one attached hydrogen (secondary N) is 3. The van der Waals surface area contributed by atoms with Crippen molar-refractivity contribution >= 4 is 44.8 Å². The number of benzene rings is 1. The third kappa shape index (κ3) is 5.48. The molecule has 2 aromatic heterocycles. The molecule has 0 aliphatic carbocycles. The molecule has 9 nitrogen and oxygen atoms in total. The first kappa shape index (κ1) is 20.7. The van der Waals surface area contributed by atoms with Gasteiger partial charge in [-0.2, -0.15) is 0 Å². The Morgan fingerprint density at radius 3 is 2.31 bits per heavy atom. The average Bonchev–Trinajstić information content (AvgIpc) is 3.11. The number of nitrogens with zero attached hydrogens (tertiary/aromatic N) is 3. The van der Waals surface area contributed by atoms with Gasteiger partial charge in [-0.25, -0.2) is 23.1 Å².